The number of halogens is 1. The van der Waals surface area contributed by atoms with Crippen LogP contribution in [0.15, 0.2) is 88.1 Å². The summed E-state index contributed by atoms with van der Waals surface area (Å²) in [5, 5.41) is 12.9. The number of thiazole rings is 1. The van der Waals surface area contributed by atoms with Gasteiger partial charge in [0.25, 0.3) is 11.5 Å². The fraction of sp³-hybridized carbons (Fsp3) is 0.138. The Morgan fingerprint density at radius 3 is 2.46 bits per heavy atom. The van der Waals surface area contributed by atoms with Crippen molar-refractivity contribution in [2.75, 3.05) is 6.61 Å². The fourth-order valence-corrected chi connectivity index (χ4v) is 5.28. The first-order valence-electron chi connectivity index (χ1n) is 11.6. The molecule has 4 rings (SSSR count). The lowest BCUT2D eigenvalue weighted by atomic mass is 10.1. The van der Waals surface area contributed by atoms with Gasteiger partial charge >= 0.3 is 0 Å². The van der Waals surface area contributed by atoms with E-state index in [1.54, 1.807) is 30.3 Å². The molecule has 0 fully saturated rings. The Hall–Kier alpha value is -3.93. The molecule has 0 aliphatic heterocycles. The molecule has 4 aromatic rings. The van der Waals surface area contributed by atoms with Gasteiger partial charge in [0.15, 0.2) is 5.57 Å². The standard InChI is InChI=1S/C29H24BrN3O3S/c1-3-36-25-15-14-22(30)16-21(25)17-26-28(35)33(23-12-8-5-9-13-23)29(37-26)24(18-31)27(34)32-19(2)20-10-6-4-7-11-20/h4-17,19H,3H2,1-2H3,(H,32,34)/b26-17+,29-24+/t19-/m1/s1. The van der Waals surface area contributed by atoms with E-state index in [0.29, 0.717) is 28.1 Å². The van der Waals surface area contributed by atoms with Crippen LogP contribution < -0.4 is 24.8 Å². The van der Waals surface area contributed by atoms with Crippen LogP contribution >= 0.6 is 27.3 Å². The molecule has 3 aromatic carbocycles. The van der Waals surface area contributed by atoms with Gasteiger partial charge in [-0.1, -0.05) is 64.5 Å². The zero-order chi connectivity index (χ0) is 26.4. The molecule has 0 aliphatic rings. The van der Waals surface area contributed by atoms with Crippen LogP contribution in [0.5, 0.6) is 5.75 Å². The van der Waals surface area contributed by atoms with E-state index >= 15 is 0 Å². The number of nitriles is 1. The molecule has 8 heteroatoms. The number of hydrogen-bond donors (Lipinski definition) is 1. The van der Waals surface area contributed by atoms with Crippen LogP contribution in [0.3, 0.4) is 0 Å². The molecule has 6 nitrogen and oxygen atoms in total. The zero-order valence-corrected chi connectivity index (χ0v) is 22.7. The van der Waals surface area contributed by atoms with E-state index in [0.717, 1.165) is 21.4 Å². The number of carbonyl (C=O) groups excluding carboxylic acids is 1. The normalized spacial score (nSPS) is 13.0. The van der Waals surface area contributed by atoms with Crippen LogP contribution in [-0.2, 0) is 4.79 Å². The van der Waals surface area contributed by atoms with Crippen molar-refractivity contribution in [1.29, 1.82) is 5.26 Å². The smallest absolute Gasteiger partial charge is 0.273 e. The molecule has 1 N–H and O–H groups in total. The first-order chi connectivity index (χ1) is 17.9. The number of para-hydroxylation sites is 1. The predicted molar refractivity (Wildman–Crippen MR) is 150 cm³/mol. The Morgan fingerprint density at radius 2 is 1.81 bits per heavy atom. The van der Waals surface area contributed by atoms with Crippen molar-refractivity contribution in [2.24, 2.45) is 0 Å². The van der Waals surface area contributed by atoms with Gasteiger partial charge in [-0.2, -0.15) is 5.26 Å². The fourth-order valence-electron chi connectivity index (χ4n) is 3.81. The summed E-state index contributed by atoms with van der Waals surface area (Å²) in [5.41, 5.74) is 1.72. The largest absolute Gasteiger partial charge is 0.493 e. The SMILES string of the molecule is CCOc1ccc(Br)cc1/C=c1/s/c(=C(\C#N)C(=O)N[C@H](C)c2ccccc2)n(-c2ccccc2)c1=O. The number of amides is 1. The molecule has 1 amide bonds. The van der Waals surface area contributed by atoms with Gasteiger partial charge < -0.3 is 10.1 Å². The maximum Gasteiger partial charge on any atom is 0.273 e. The van der Waals surface area contributed by atoms with Crippen LogP contribution in [-0.4, -0.2) is 17.1 Å². The van der Waals surface area contributed by atoms with Crippen molar-refractivity contribution in [1.82, 2.24) is 9.88 Å². The molecular weight excluding hydrogens is 550 g/mol. The number of hydrogen-bond acceptors (Lipinski definition) is 5. The van der Waals surface area contributed by atoms with Crippen LogP contribution in [0.1, 0.15) is 31.0 Å². The molecule has 1 heterocycles. The second-order valence-corrected chi connectivity index (χ2v) is 10.0. The Kier molecular flexibility index (Phi) is 8.39. The van der Waals surface area contributed by atoms with Crippen molar-refractivity contribution >= 4 is 44.8 Å². The number of benzene rings is 3. The van der Waals surface area contributed by atoms with Gasteiger partial charge in [-0.05, 0) is 55.8 Å². The van der Waals surface area contributed by atoms with Crippen LogP contribution in [0, 0.1) is 11.3 Å². The van der Waals surface area contributed by atoms with E-state index in [-0.39, 0.29) is 21.8 Å². The van der Waals surface area contributed by atoms with Crippen molar-refractivity contribution in [3.63, 3.8) is 0 Å². The van der Waals surface area contributed by atoms with Crippen molar-refractivity contribution in [2.45, 2.75) is 19.9 Å². The monoisotopic (exact) mass is 573 g/mol. The Balaban J connectivity index is 1.93. The summed E-state index contributed by atoms with van der Waals surface area (Å²) in [6.07, 6.45) is 1.73. The summed E-state index contributed by atoms with van der Waals surface area (Å²) >= 11 is 4.57. The third kappa shape index (κ3) is 5.91. The molecule has 0 unspecified atom stereocenters. The van der Waals surface area contributed by atoms with Crippen LogP contribution in [0.25, 0.3) is 17.3 Å². The lowest BCUT2D eigenvalue weighted by molar-refractivity contribution is -0.116. The van der Waals surface area contributed by atoms with Crippen LogP contribution in [0.2, 0.25) is 0 Å². The molecule has 0 aliphatic carbocycles. The molecule has 37 heavy (non-hydrogen) atoms. The summed E-state index contributed by atoms with van der Waals surface area (Å²) in [5.74, 6) is 0.0824. The van der Waals surface area contributed by atoms with Crippen molar-refractivity contribution < 1.29 is 9.53 Å². The highest BCUT2D eigenvalue weighted by molar-refractivity contribution is 9.10. The minimum Gasteiger partial charge on any atom is -0.493 e. The summed E-state index contributed by atoms with van der Waals surface area (Å²) in [6, 6.07) is 25.7. The molecular formula is C29H24BrN3O3S. The molecule has 0 bridgehead atoms. The van der Waals surface area contributed by atoms with Gasteiger partial charge in [-0.15, -0.1) is 11.3 Å². The zero-order valence-electron chi connectivity index (χ0n) is 20.3. The lowest BCUT2D eigenvalue weighted by Gasteiger charge is -2.13. The highest BCUT2D eigenvalue weighted by Crippen LogP contribution is 2.24. The number of carbonyl (C=O) groups is 1. The average Bonchev–Trinajstić information content (AvgIpc) is 3.22. The second kappa shape index (κ2) is 11.9. The van der Waals surface area contributed by atoms with Crippen molar-refractivity contribution in [3.8, 4) is 17.5 Å². The minimum absolute atomic E-state index is 0.132. The van der Waals surface area contributed by atoms with E-state index < -0.39 is 5.91 Å². The second-order valence-electron chi connectivity index (χ2n) is 8.10. The lowest BCUT2D eigenvalue weighted by Crippen LogP contribution is -2.34. The summed E-state index contributed by atoms with van der Waals surface area (Å²) in [7, 11) is 0. The Morgan fingerprint density at radius 1 is 1.14 bits per heavy atom. The van der Waals surface area contributed by atoms with Crippen molar-refractivity contribution in [3.05, 3.63) is 114 Å². The summed E-state index contributed by atoms with van der Waals surface area (Å²) in [6.45, 7) is 4.21. The Bertz CT molecular complexity index is 1640. The van der Waals surface area contributed by atoms with Gasteiger partial charge in [0.2, 0.25) is 0 Å². The first-order valence-corrected chi connectivity index (χ1v) is 13.3. The number of nitrogens with zero attached hydrogens (tertiary/aromatic N) is 2. The molecule has 0 spiro atoms. The van der Waals surface area contributed by atoms with E-state index in [2.05, 4.69) is 21.2 Å². The third-order valence-electron chi connectivity index (χ3n) is 5.60. The Labute approximate surface area is 226 Å². The maximum absolute atomic E-state index is 13.7. The van der Waals surface area contributed by atoms with Gasteiger partial charge in [0, 0.05) is 10.0 Å². The number of nitrogens with one attached hydrogen (secondary N) is 1. The van der Waals surface area contributed by atoms with Gasteiger partial charge in [0.1, 0.15) is 16.5 Å². The van der Waals surface area contributed by atoms with E-state index in [1.807, 2.05) is 74.5 Å². The third-order valence-corrected chi connectivity index (χ3v) is 7.18. The topological polar surface area (TPSA) is 84.1 Å². The van der Waals surface area contributed by atoms with Gasteiger partial charge in [0.05, 0.1) is 22.9 Å². The number of rotatable bonds is 7. The molecule has 186 valence electrons. The summed E-state index contributed by atoms with van der Waals surface area (Å²) < 4.78 is 8.62. The quantitative estimate of drug-likeness (QED) is 0.354. The molecule has 1 atom stereocenters. The number of ether oxygens (including phenoxy) is 1. The minimum atomic E-state index is -0.547. The van der Waals surface area contributed by atoms with E-state index in [9.17, 15) is 14.9 Å². The van der Waals surface area contributed by atoms with E-state index in [1.165, 1.54) is 4.57 Å². The predicted octanol–water partition coefficient (Wildman–Crippen LogP) is 4.44. The molecule has 0 saturated heterocycles. The number of aromatic nitrogens is 1. The average molecular weight is 575 g/mol. The van der Waals surface area contributed by atoms with Gasteiger partial charge in [-0.25, -0.2) is 0 Å². The summed E-state index contributed by atoms with van der Waals surface area (Å²) in [4.78, 5) is 27.0. The molecule has 1 aromatic heterocycles. The first kappa shape index (κ1) is 26.1. The molecule has 0 saturated carbocycles. The highest BCUT2D eigenvalue weighted by atomic mass is 79.9. The van der Waals surface area contributed by atoms with Crippen LogP contribution in [0.4, 0.5) is 0 Å². The van der Waals surface area contributed by atoms with E-state index in [4.69, 9.17) is 4.74 Å². The van der Waals surface area contributed by atoms with Gasteiger partial charge in [-0.3, -0.25) is 14.2 Å². The maximum atomic E-state index is 13.7. The molecule has 0 radical (unpaired) electrons. The highest BCUT2D eigenvalue weighted by Gasteiger charge is 2.19.